The minimum atomic E-state index is -0.189. The normalized spacial score (nSPS) is 16.2. The van der Waals surface area contributed by atoms with Crippen LogP contribution in [0.15, 0.2) is 29.6 Å². The molecular weight excluding hydrogens is 318 g/mol. The smallest absolute Gasteiger partial charge is 0.226 e. The van der Waals surface area contributed by atoms with Crippen LogP contribution in [0.3, 0.4) is 0 Å². The Morgan fingerprint density at radius 1 is 1.29 bits per heavy atom. The van der Waals surface area contributed by atoms with Crippen LogP contribution in [0.1, 0.15) is 43.9 Å². The summed E-state index contributed by atoms with van der Waals surface area (Å²) < 4.78 is 0. The summed E-state index contributed by atoms with van der Waals surface area (Å²) in [6, 6.07) is 8.47. The zero-order valence-electron chi connectivity index (χ0n) is 14.2. The van der Waals surface area contributed by atoms with Crippen LogP contribution in [0.25, 0.3) is 10.6 Å². The second-order valence-electron chi connectivity index (χ2n) is 6.61. The Morgan fingerprint density at radius 3 is 2.62 bits per heavy atom. The van der Waals surface area contributed by atoms with Gasteiger partial charge in [0.1, 0.15) is 5.01 Å². The first-order valence-electron chi connectivity index (χ1n) is 8.69. The molecule has 1 aliphatic carbocycles. The lowest BCUT2D eigenvalue weighted by molar-refractivity contribution is -0.122. The first-order valence-corrected chi connectivity index (χ1v) is 9.57. The predicted molar refractivity (Wildman–Crippen MR) is 99.0 cm³/mol. The van der Waals surface area contributed by atoms with Crippen molar-refractivity contribution in [2.24, 2.45) is 5.73 Å². The summed E-state index contributed by atoms with van der Waals surface area (Å²) in [7, 11) is 0. The highest BCUT2D eigenvalue weighted by molar-refractivity contribution is 7.13. The van der Waals surface area contributed by atoms with E-state index in [0.29, 0.717) is 13.0 Å². The maximum absolute atomic E-state index is 12.4. The van der Waals surface area contributed by atoms with Gasteiger partial charge in [-0.15, -0.1) is 11.3 Å². The minimum absolute atomic E-state index is 0.0283. The van der Waals surface area contributed by atoms with Crippen molar-refractivity contribution in [1.29, 1.82) is 0 Å². The molecule has 5 heteroatoms. The number of nitrogens with one attached hydrogen (secondary N) is 1. The van der Waals surface area contributed by atoms with Crippen molar-refractivity contribution in [3.8, 4) is 10.6 Å². The number of nitrogens with two attached hydrogens (primary N) is 1. The fourth-order valence-electron chi connectivity index (χ4n) is 3.34. The molecule has 0 saturated heterocycles. The van der Waals surface area contributed by atoms with Gasteiger partial charge in [0, 0.05) is 17.5 Å². The lowest BCUT2D eigenvalue weighted by Gasteiger charge is -2.28. The van der Waals surface area contributed by atoms with E-state index < -0.39 is 0 Å². The quantitative estimate of drug-likeness (QED) is 0.845. The zero-order chi connectivity index (χ0) is 17.0. The van der Waals surface area contributed by atoms with Gasteiger partial charge in [0.25, 0.3) is 0 Å². The average molecular weight is 343 g/mol. The second kappa shape index (κ2) is 7.45. The van der Waals surface area contributed by atoms with Crippen LogP contribution in [-0.2, 0) is 17.6 Å². The van der Waals surface area contributed by atoms with Crippen molar-refractivity contribution in [3.63, 3.8) is 0 Å². The summed E-state index contributed by atoms with van der Waals surface area (Å²) in [6.45, 7) is 2.67. The van der Waals surface area contributed by atoms with E-state index in [1.54, 1.807) is 11.3 Å². The Labute approximate surface area is 147 Å². The Hall–Kier alpha value is -1.72. The molecule has 0 radical (unpaired) electrons. The number of thiazole rings is 1. The topological polar surface area (TPSA) is 68.0 Å². The zero-order valence-corrected chi connectivity index (χ0v) is 15.0. The van der Waals surface area contributed by atoms with Gasteiger partial charge in [-0.05, 0) is 24.8 Å². The maximum Gasteiger partial charge on any atom is 0.226 e. The molecule has 1 aliphatic rings. The molecule has 1 amide bonds. The maximum atomic E-state index is 12.4. The molecule has 0 unspecified atom stereocenters. The number of hydrogen-bond donors (Lipinski definition) is 2. The molecule has 0 atom stereocenters. The first kappa shape index (κ1) is 17.1. The Balaban J connectivity index is 1.63. The van der Waals surface area contributed by atoms with E-state index in [9.17, 15) is 4.79 Å². The van der Waals surface area contributed by atoms with Crippen molar-refractivity contribution >= 4 is 17.2 Å². The van der Waals surface area contributed by atoms with Crippen LogP contribution >= 0.6 is 11.3 Å². The van der Waals surface area contributed by atoms with Crippen molar-refractivity contribution in [1.82, 2.24) is 10.3 Å². The van der Waals surface area contributed by atoms with E-state index in [-0.39, 0.29) is 11.4 Å². The summed E-state index contributed by atoms with van der Waals surface area (Å²) >= 11 is 1.59. The van der Waals surface area contributed by atoms with E-state index in [0.717, 1.165) is 48.4 Å². The summed E-state index contributed by atoms with van der Waals surface area (Å²) in [5, 5.41) is 6.10. The van der Waals surface area contributed by atoms with Gasteiger partial charge in [0.15, 0.2) is 0 Å². The highest BCUT2D eigenvalue weighted by Crippen LogP contribution is 2.29. The molecule has 3 N–H and O–H groups in total. The molecule has 2 aromatic rings. The number of aryl methyl sites for hydroxylation is 1. The molecule has 0 bridgehead atoms. The largest absolute Gasteiger partial charge is 0.349 e. The third-order valence-electron chi connectivity index (χ3n) is 4.86. The molecule has 1 saturated carbocycles. The molecule has 3 rings (SSSR count). The van der Waals surface area contributed by atoms with Crippen molar-refractivity contribution in [2.75, 3.05) is 6.54 Å². The molecule has 0 aliphatic heterocycles. The summed E-state index contributed by atoms with van der Waals surface area (Å²) in [6.07, 6.45) is 5.62. The number of aromatic nitrogens is 1. The number of carbonyl (C=O) groups is 1. The second-order valence-corrected chi connectivity index (χ2v) is 7.47. The standard InChI is InChI=1S/C19H25N3OS/c1-2-14-5-7-15(8-6-14)18-21-16(12-24-18)11-17(23)22-19(13-20)9-3-4-10-19/h5-8,12H,2-4,9-11,13,20H2,1H3,(H,22,23). The SMILES string of the molecule is CCc1ccc(-c2nc(CC(=O)NC3(CN)CCCC3)cs2)cc1. The van der Waals surface area contributed by atoms with E-state index >= 15 is 0 Å². The molecule has 0 spiro atoms. The fraction of sp³-hybridized carbons (Fsp3) is 0.474. The number of benzene rings is 1. The van der Waals surface area contributed by atoms with Gasteiger partial charge in [-0.1, -0.05) is 44.0 Å². The summed E-state index contributed by atoms with van der Waals surface area (Å²) in [4.78, 5) is 17.0. The molecule has 4 nitrogen and oxygen atoms in total. The van der Waals surface area contributed by atoms with Crippen molar-refractivity contribution in [3.05, 3.63) is 40.9 Å². The van der Waals surface area contributed by atoms with Gasteiger partial charge in [0.05, 0.1) is 17.7 Å². The third kappa shape index (κ3) is 3.84. The summed E-state index contributed by atoms with van der Waals surface area (Å²) in [5.41, 5.74) is 8.96. The molecule has 128 valence electrons. The van der Waals surface area contributed by atoms with E-state index in [2.05, 4.69) is 41.5 Å². The molecule has 1 aromatic carbocycles. The molecular formula is C19H25N3OS. The van der Waals surface area contributed by atoms with E-state index in [1.165, 1.54) is 5.56 Å². The number of rotatable bonds is 6. The molecule has 24 heavy (non-hydrogen) atoms. The molecule has 1 heterocycles. The van der Waals surface area contributed by atoms with Crippen LogP contribution in [-0.4, -0.2) is 23.0 Å². The summed E-state index contributed by atoms with van der Waals surface area (Å²) in [5.74, 6) is 0.0283. The van der Waals surface area contributed by atoms with Crippen molar-refractivity contribution in [2.45, 2.75) is 51.0 Å². The number of nitrogens with zero attached hydrogens (tertiary/aromatic N) is 1. The fourth-order valence-corrected chi connectivity index (χ4v) is 4.17. The number of amides is 1. The highest BCUT2D eigenvalue weighted by Gasteiger charge is 2.33. The van der Waals surface area contributed by atoms with E-state index in [1.807, 2.05) is 5.38 Å². The Morgan fingerprint density at radius 2 is 2.00 bits per heavy atom. The van der Waals surface area contributed by atoms with Crippen LogP contribution < -0.4 is 11.1 Å². The molecule has 1 aromatic heterocycles. The number of hydrogen-bond acceptors (Lipinski definition) is 4. The third-order valence-corrected chi connectivity index (χ3v) is 5.80. The number of carbonyl (C=O) groups excluding carboxylic acids is 1. The van der Waals surface area contributed by atoms with Gasteiger partial charge >= 0.3 is 0 Å². The highest BCUT2D eigenvalue weighted by atomic mass is 32.1. The lowest BCUT2D eigenvalue weighted by atomic mass is 9.97. The minimum Gasteiger partial charge on any atom is -0.349 e. The van der Waals surface area contributed by atoms with Crippen LogP contribution in [0, 0.1) is 0 Å². The Bertz CT molecular complexity index is 687. The monoisotopic (exact) mass is 343 g/mol. The average Bonchev–Trinajstić information content (AvgIpc) is 3.25. The van der Waals surface area contributed by atoms with Gasteiger partial charge < -0.3 is 11.1 Å². The van der Waals surface area contributed by atoms with Gasteiger partial charge in [-0.3, -0.25) is 4.79 Å². The first-order chi connectivity index (χ1) is 11.6. The van der Waals surface area contributed by atoms with Crippen molar-refractivity contribution < 1.29 is 4.79 Å². The Kier molecular flexibility index (Phi) is 5.31. The van der Waals surface area contributed by atoms with Gasteiger partial charge in [-0.25, -0.2) is 4.98 Å². The van der Waals surface area contributed by atoms with Gasteiger partial charge in [0.2, 0.25) is 5.91 Å². The van der Waals surface area contributed by atoms with E-state index in [4.69, 9.17) is 5.73 Å². The van der Waals surface area contributed by atoms with Crippen LogP contribution in [0.4, 0.5) is 0 Å². The predicted octanol–water partition coefficient (Wildman–Crippen LogP) is 3.30. The van der Waals surface area contributed by atoms with Gasteiger partial charge in [-0.2, -0.15) is 0 Å². The van der Waals surface area contributed by atoms with Crippen LogP contribution in [0.5, 0.6) is 0 Å². The molecule has 1 fully saturated rings. The lowest BCUT2D eigenvalue weighted by Crippen LogP contribution is -2.52. The van der Waals surface area contributed by atoms with Crippen LogP contribution in [0.2, 0.25) is 0 Å².